The fourth-order valence-corrected chi connectivity index (χ4v) is 3.57. The van der Waals surface area contributed by atoms with Gasteiger partial charge in [-0.05, 0) is 17.7 Å². The summed E-state index contributed by atoms with van der Waals surface area (Å²) in [5.74, 6) is 1.33. The van der Waals surface area contributed by atoms with Crippen LogP contribution in [0.4, 0.5) is 11.6 Å². The van der Waals surface area contributed by atoms with Crippen molar-refractivity contribution >= 4 is 29.1 Å². The number of nitrogens with zero attached hydrogens (tertiary/aromatic N) is 4. The summed E-state index contributed by atoms with van der Waals surface area (Å²) in [5.41, 5.74) is 1.92. The van der Waals surface area contributed by atoms with E-state index in [2.05, 4.69) is 15.3 Å². The molecular formula is C18H20ClN5O2. The SMILES string of the molecule is CC(=O)N1C[C@H]2CO[C@H](N2)c2c(N(C)Cc3ccc(Cl)cc3)ncnc21. The number of aromatic nitrogens is 2. The van der Waals surface area contributed by atoms with E-state index < -0.39 is 0 Å². The molecule has 2 atom stereocenters. The maximum absolute atomic E-state index is 12.2. The molecule has 8 heteroatoms. The number of ether oxygens (including phenoxy) is 1. The smallest absolute Gasteiger partial charge is 0.225 e. The molecule has 0 saturated carbocycles. The predicted molar refractivity (Wildman–Crippen MR) is 99.2 cm³/mol. The number of hydrogen-bond acceptors (Lipinski definition) is 6. The fraction of sp³-hybridized carbons (Fsp3) is 0.389. The molecule has 1 N–H and O–H groups in total. The summed E-state index contributed by atoms with van der Waals surface area (Å²) >= 11 is 5.97. The van der Waals surface area contributed by atoms with Crippen molar-refractivity contribution in [2.24, 2.45) is 0 Å². The monoisotopic (exact) mass is 373 g/mol. The van der Waals surface area contributed by atoms with E-state index >= 15 is 0 Å². The van der Waals surface area contributed by atoms with Crippen LogP contribution in [0.3, 0.4) is 0 Å². The van der Waals surface area contributed by atoms with E-state index in [4.69, 9.17) is 16.3 Å². The Morgan fingerprint density at radius 2 is 2.15 bits per heavy atom. The highest BCUT2D eigenvalue weighted by Crippen LogP contribution is 2.37. The van der Waals surface area contributed by atoms with Gasteiger partial charge in [0, 0.05) is 32.1 Å². The first-order chi connectivity index (χ1) is 12.5. The van der Waals surface area contributed by atoms with Gasteiger partial charge in [0.05, 0.1) is 18.2 Å². The van der Waals surface area contributed by atoms with Gasteiger partial charge >= 0.3 is 0 Å². The Morgan fingerprint density at radius 3 is 2.88 bits per heavy atom. The molecule has 1 amide bonds. The number of rotatable bonds is 3. The van der Waals surface area contributed by atoms with Crippen LogP contribution in [0, 0.1) is 0 Å². The molecule has 3 heterocycles. The number of carbonyl (C=O) groups is 1. The fourth-order valence-electron chi connectivity index (χ4n) is 3.45. The van der Waals surface area contributed by atoms with Crippen molar-refractivity contribution in [2.45, 2.75) is 25.7 Å². The van der Waals surface area contributed by atoms with E-state index in [0.717, 1.165) is 16.9 Å². The Hall–Kier alpha value is -2.22. The van der Waals surface area contributed by atoms with Crippen molar-refractivity contribution in [1.29, 1.82) is 0 Å². The molecule has 2 aliphatic heterocycles. The van der Waals surface area contributed by atoms with Gasteiger partial charge in [0.1, 0.15) is 24.2 Å². The van der Waals surface area contributed by atoms with Crippen molar-refractivity contribution in [3.05, 3.63) is 46.7 Å². The van der Waals surface area contributed by atoms with Gasteiger partial charge in [0.15, 0.2) is 0 Å². The number of nitrogens with one attached hydrogen (secondary N) is 1. The molecule has 4 rings (SSSR count). The van der Waals surface area contributed by atoms with E-state index in [1.165, 1.54) is 6.33 Å². The van der Waals surface area contributed by atoms with E-state index in [1.807, 2.05) is 36.2 Å². The Kier molecular flexibility index (Phi) is 4.52. The summed E-state index contributed by atoms with van der Waals surface area (Å²) in [5, 5.41) is 4.13. The van der Waals surface area contributed by atoms with E-state index in [0.29, 0.717) is 30.5 Å². The molecule has 0 aliphatic carbocycles. The van der Waals surface area contributed by atoms with Crippen molar-refractivity contribution in [3.63, 3.8) is 0 Å². The normalized spacial score (nSPS) is 21.3. The lowest BCUT2D eigenvalue weighted by Crippen LogP contribution is -2.40. The van der Waals surface area contributed by atoms with Crippen LogP contribution in [-0.4, -0.2) is 42.1 Å². The van der Waals surface area contributed by atoms with Crippen LogP contribution in [0.5, 0.6) is 0 Å². The third kappa shape index (κ3) is 3.13. The minimum Gasteiger partial charge on any atom is -0.357 e. The van der Waals surface area contributed by atoms with Crippen molar-refractivity contribution in [1.82, 2.24) is 15.3 Å². The molecule has 2 bridgehead atoms. The van der Waals surface area contributed by atoms with Crippen LogP contribution in [-0.2, 0) is 16.1 Å². The van der Waals surface area contributed by atoms with Crippen LogP contribution < -0.4 is 15.1 Å². The molecular weight excluding hydrogens is 354 g/mol. The number of hydrogen-bond donors (Lipinski definition) is 1. The van der Waals surface area contributed by atoms with Gasteiger partial charge in [-0.25, -0.2) is 9.97 Å². The average molecular weight is 374 g/mol. The summed E-state index contributed by atoms with van der Waals surface area (Å²) in [6.07, 6.45) is 1.18. The molecule has 1 aromatic carbocycles. The van der Waals surface area contributed by atoms with Crippen LogP contribution in [0.25, 0.3) is 0 Å². The third-order valence-electron chi connectivity index (χ3n) is 4.69. The number of carbonyl (C=O) groups excluding carboxylic acids is 1. The standard InChI is InChI=1S/C18H20ClN5O2/c1-11(25)24-8-14-9-26-18(22-14)15-16(20-10-21-17(15)24)23(2)7-12-3-5-13(19)6-4-12/h3-6,10,14,18,22H,7-9H2,1-2H3/t14-,18-/m0/s1. The molecule has 7 nitrogen and oxygen atoms in total. The number of amides is 1. The molecule has 136 valence electrons. The van der Waals surface area contributed by atoms with Crippen LogP contribution >= 0.6 is 11.6 Å². The molecule has 2 aliphatic rings. The summed E-state index contributed by atoms with van der Waals surface area (Å²) < 4.78 is 5.89. The van der Waals surface area contributed by atoms with Gasteiger partial charge in [0.25, 0.3) is 0 Å². The molecule has 26 heavy (non-hydrogen) atoms. The van der Waals surface area contributed by atoms with E-state index in [1.54, 1.807) is 11.8 Å². The first-order valence-corrected chi connectivity index (χ1v) is 8.87. The van der Waals surface area contributed by atoms with Gasteiger partial charge in [0.2, 0.25) is 5.91 Å². The maximum atomic E-state index is 12.2. The summed E-state index contributed by atoms with van der Waals surface area (Å²) in [4.78, 5) is 24.8. The van der Waals surface area contributed by atoms with E-state index in [-0.39, 0.29) is 18.2 Å². The zero-order valence-electron chi connectivity index (χ0n) is 14.6. The molecule has 1 fully saturated rings. The zero-order valence-corrected chi connectivity index (χ0v) is 15.4. The van der Waals surface area contributed by atoms with Crippen LogP contribution in [0.1, 0.15) is 24.3 Å². The van der Waals surface area contributed by atoms with Crippen LogP contribution in [0.2, 0.25) is 5.02 Å². The van der Waals surface area contributed by atoms with Gasteiger partial charge in [-0.15, -0.1) is 0 Å². The summed E-state index contributed by atoms with van der Waals surface area (Å²) in [6, 6.07) is 7.80. The second-order valence-corrected chi connectivity index (χ2v) is 7.06. The highest BCUT2D eigenvalue weighted by molar-refractivity contribution is 6.30. The predicted octanol–water partition coefficient (Wildman–Crippen LogP) is 2.12. The lowest BCUT2D eigenvalue weighted by Gasteiger charge is -2.28. The van der Waals surface area contributed by atoms with Gasteiger partial charge in [-0.3, -0.25) is 15.0 Å². The molecule has 2 aromatic rings. The number of halogens is 1. The van der Waals surface area contributed by atoms with Crippen molar-refractivity contribution in [2.75, 3.05) is 30.0 Å². The summed E-state index contributed by atoms with van der Waals surface area (Å²) in [7, 11) is 1.96. The first-order valence-electron chi connectivity index (χ1n) is 8.49. The van der Waals surface area contributed by atoms with Crippen LogP contribution in [0.15, 0.2) is 30.6 Å². The minimum absolute atomic E-state index is 0.0365. The largest absolute Gasteiger partial charge is 0.357 e. The second-order valence-electron chi connectivity index (χ2n) is 6.62. The highest BCUT2D eigenvalue weighted by atomic mass is 35.5. The lowest BCUT2D eigenvalue weighted by atomic mass is 10.2. The topological polar surface area (TPSA) is 70.6 Å². The average Bonchev–Trinajstić information content (AvgIpc) is 3.01. The van der Waals surface area contributed by atoms with Gasteiger partial charge in [-0.2, -0.15) is 0 Å². The summed E-state index contributed by atoms with van der Waals surface area (Å²) in [6.45, 7) is 3.30. The number of benzene rings is 1. The molecule has 1 aromatic heterocycles. The second kappa shape index (κ2) is 6.83. The van der Waals surface area contributed by atoms with Gasteiger partial charge < -0.3 is 9.64 Å². The third-order valence-corrected chi connectivity index (χ3v) is 4.94. The van der Waals surface area contributed by atoms with Crippen molar-refractivity contribution < 1.29 is 9.53 Å². The molecule has 0 unspecified atom stereocenters. The zero-order chi connectivity index (χ0) is 18.3. The Bertz CT molecular complexity index is 829. The maximum Gasteiger partial charge on any atom is 0.225 e. The first kappa shape index (κ1) is 17.2. The molecule has 1 saturated heterocycles. The highest BCUT2D eigenvalue weighted by Gasteiger charge is 2.38. The quantitative estimate of drug-likeness (QED) is 0.888. The number of anilines is 2. The van der Waals surface area contributed by atoms with Gasteiger partial charge in [-0.1, -0.05) is 23.7 Å². The lowest BCUT2D eigenvalue weighted by molar-refractivity contribution is -0.116. The Labute approximate surface area is 156 Å². The number of fused-ring (bicyclic) bond motifs is 4. The van der Waals surface area contributed by atoms with Crippen molar-refractivity contribution in [3.8, 4) is 0 Å². The molecule has 0 radical (unpaired) electrons. The Morgan fingerprint density at radius 1 is 1.38 bits per heavy atom. The molecule has 0 spiro atoms. The minimum atomic E-state index is -0.316. The Balaban J connectivity index is 1.72. The van der Waals surface area contributed by atoms with E-state index in [9.17, 15) is 4.79 Å².